The van der Waals surface area contributed by atoms with E-state index in [2.05, 4.69) is 4.98 Å². The first-order valence-corrected chi connectivity index (χ1v) is 5.14. The molecular formula is C11H12N2O4. The van der Waals surface area contributed by atoms with Gasteiger partial charge in [0, 0.05) is 30.9 Å². The number of aliphatic carboxylic acids is 1. The smallest absolute Gasteiger partial charge is 0.310 e. The van der Waals surface area contributed by atoms with Gasteiger partial charge in [-0.3, -0.25) is 9.59 Å². The second kappa shape index (κ2) is 4.40. The lowest BCUT2D eigenvalue weighted by Gasteiger charge is -2.36. The van der Waals surface area contributed by atoms with Crippen molar-refractivity contribution in [3.63, 3.8) is 0 Å². The lowest BCUT2D eigenvalue weighted by molar-refractivity contribution is -0.146. The molecule has 0 unspecified atom stereocenters. The predicted octanol–water partition coefficient (Wildman–Crippen LogP) is 0.247. The van der Waals surface area contributed by atoms with Crippen molar-refractivity contribution in [1.29, 1.82) is 0 Å². The fourth-order valence-electron chi connectivity index (χ4n) is 1.64. The van der Waals surface area contributed by atoms with Gasteiger partial charge in [-0.25, -0.2) is 4.98 Å². The molecule has 17 heavy (non-hydrogen) atoms. The van der Waals surface area contributed by atoms with Crippen LogP contribution < -0.4 is 4.74 Å². The predicted molar refractivity (Wildman–Crippen MR) is 57.8 cm³/mol. The molecule has 1 aromatic rings. The van der Waals surface area contributed by atoms with E-state index in [1.54, 1.807) is 6.07 Å². The summed E-state index contributed by atoms with van der Waals surface area (Å²) in [6, 6.07) is 3.12. The molecule has 1 fully saturated rings. The van der Waals surface area contributed by atoms with Gasteiger partial charge in [0.2, 0.25) is 5.88 Å². The molecule has 1 N–H and O–H groups in total. The third-order valence-corrected chi connectivity index (χ3v) is 2.71. The van der Waals surface area contributed by atoms with Crippen LogP contribution in [0.3, 0.4) is 0 Å². The van der Waals surface area contributed by atoms with Crippen LogP contribution in [0.1, 0.15) is 10.4 Å². The van der Waals surface area contributed by atoms with Gasteiger partial charge in [-0.2, -0.15) is 0 Å². The van der Waals surface area contributed by atoms with Crippen molar-refractivity contribution in [2.75, 3.05) is 20.2 Å². The van der Waals surface area contributed by atoms with Gasteiger partial charge in [0.05, 0.1) is 13.0 Å². The number of hydrogen-bond acceptors (Lipinski definition) is 4. The van der Waals surface area contributed by atoms with E-state index in [-0.39, 0.29) is 19.0 Å². The highest BCUT2D eigenvalue weighted by atomic mass is 16.5. The van der Waals surface area contributed by atoms with E-state index in [1.807, 2.05) is 0 Å². The van der Waals surface area contributed by atoms with Crippen molar-refractivity contribution in [2.45, 2.75) is 0 Å². The average molecular weight is 236 g/mol. The Bertz CT molecular complexity index is 455. The van der Waals surface area contributed by atoms with Gasteiger partial charge < -0.3 is 14.7 Å². The number of aromatic nitrogens is 1. The van der Waals surface area contributed by atoms with Crippen molar-refractivity contribution in [3.8, 4) is 5.88 Å². The summed E-state index contributed by atoms with van der Waals surface area (Å²) in [5.74, 6) is -1.13. The number of carboxylic acids is 1. The molecule has 6 nitrogen and oxygen atoms in total. The summed E-state index contributed by atoms with van der Waals surface area (Å²) < 4.78 is 4.92. The highest BCUT2D eigenvalue weighted by molar-refractivity contribution is 5.95. The third kappa shape index (κ3) is 2.20. The molecule has 0 saturated carbocycles. The van der Waals surface area contributed by atoms with Crippen molar-refractivity contribution in [2.24, 2.45) is 5.92 Å². The van der Waals surface area contributed by atoms with Crippen LogP contribution in [0, 0.1) is 5.92 Å². The number of pyridine rings is 1. The molecule has 0 radical (unpaired) electrons. The highest BCUT2D eigenvalue weighted by Crippen LogP contribution is 2.19. The van der Waals surface area contributed by atoms with Gasteiger partial charge in [0.1, 0.15) is 0 Å². The van der Waals surface area contributed by atoms with E-state index in [0.717, 1.165) is 0 Å². The zero-order chi connectivity index (χ0) is 12.4. The number of amides is 1. The maximum atomic E-state index is 11.9. The molecule has 0 atom stereocenters. The van der Waals surface area contributed by atoms with E-state index < -0.39 is 11.9 Å². The van der Waals surface area contributed by atoms with Crippen molar-refractivity contribution in [1.82, 2.24) is 9.88 Å². The Hall–Kier alpha value is -2.11. The molecule has 0 bridgehead atoms. The lowest BCUT2D eigenvalue weighted by Crippen LogP contribution is -2.53. The molecule has 0 spiro atoms. The number of likely N-dealkylation sites (tertiary alicyclic amines) is 1. The first-order valence-electron chi connectivity index (χ1n) is 5.14. The fraction of sp³-hybridized carbons (Fsp3) is 0.364. The standard InChI is InChI=1S/C11H12N2O4/c1-17-9-4-7(2-3-12-9)10(14)13-5-8(6-13)11(15)16/h2-4,8H,5-6H2,1H3,(H,15,16). The van der Waals surface area contributed by atoms with Crippen LogP contribution in [0.2, 0.25) is 0 Å². The van der Waals surface area contributed by atoms with Gasteiger partial charge in [-0.05, 0) is 6.07 Å². The first kappa shape index (κ1) is 11.4. The number of carboxylic acid groups (broad SMARTS) is 1. The minimum Gasteiger partial charge on any atom is -0.481 e. The quantitative estimate of drug-likeness (QED) is 0.813. The Labute approximate surface area is 97.8 Å². The van der Waals surface area contributed by atoms with Crippen LogP contribution in [0.25, 0.3) is 0 Å². The van der Waals surface area contributed by atoms with Crippen LogP contribution in [0.5, 0.6) is 5.88 Å². The van der Waals surface area contributed by atoms with E-state index in [9.17, 15) is 9.59 Å². The van der Waals surface area contributed by atoms with E-state index in [4.69, 9.17) is 9.84 Å². The minimum absolute atomic E-state index is 0.191. The van der Waals surface area contributed by atoms with E-state index >= 15 is 0 Å². The van der Waals surface area contributed by atoms with Gasteiger partial charge >= 0.3 is 5.97 Å². The fourth-order valence-corrected chi connectivity index (χ4v) is 1.64. The molecule has 1 aliphatic rings. The molecule has 1 saturated heterocycles. The number of methoxy groups -OCH3 is 1. The number of ether oxygens (including phenoxy) is 1. The Morgan fingerprint density at radius 2 is 2.24 bits per heavy atom. The third-order valence-electron chi connectivity index (χ3n) is 2.71. The van der Waals surface area contributed by atoms with Crippen molar-refractivity contribution < 1.29 is 19.4 Å². The maximum Gasteiger partial charge on any atom is 0.310 e. The van der Waals surface area contributed by atoms with Gasteiger partial charge in [0.25, 0.3) is 5.91 Å². The molecule has 90 valence electrons. The van der Waals surface area contributed by atoms with Crippen molar-refractivity contribution >= 4 is 11.9 Å². The Kier molecular flexibility index (Phi) is 2.95. The number of nitrogens with zero attached hydrogens (tertiary/aromatic N) is 2. The summed E-state index contributed by atoms with van der Waals surface area (Å²) in [5.41, 5.74) is 0.459. The summed E-state index contributed by atoms with van der Waals surface area (Å²) in [7, 11) is 1.47. The molecule has 1 aromatic heterocycles. The number of hydrogen-bond donors (Lipinski definition) is 1. The molecule has 1 aliphatic heterocycles. The number of carbonyl (C=O) groups excluding carboxylic acids is 1. The first-order chi connectivity index (χ1) is 8.11. The van der Waals surface area contributed by atoms with Crippen LogP contribution in [-0.2, 0) is 4.79 Å². The summed E-state index contributed by atoms with van der Waals surface area (Å²) in [6.07, 6.45) is 1.49. The highest BCUT2D eigenvalue weighted by Gasteiger charge is 2.35. The molecule has 0 aromatic carbocycles. The average Bonchev–Trinajstić information content (AvgIpc) is 2.26. The van der Waals surface area contributed by atoms with Gasteiger partial charge in [-0.1, -0.05) is 0 Å². The van der Waals surface area contributed by atoms with E-state index in [1.165, 1.54) is 24.3 Å². The van der Waals surface area contributed by atoms with Gasteiger partial charge in [0.15, 0.2) is 0 Å². The molecule has 0 aliphatic carbocycles. The summed E-state index contributed by atoms with van der Waals surface area (Å²) in [4.78, 5) is 27.9. The van der Waals surface area contributed by atoms with Crippen LogP contribution in [-0.4, -0.2) is 47.1 Å². The zero-order valence-electron chi connectivity index (χ0n) is 9.29. The normalized spacial score (nSPS) is 15.2. The Balaban J connectivity index is 2.03. The van der Waals surface area contributed by atoms with E-state index in [0.29, 0.717) is 11.4 Å². The van der Waals surface area contributed by atoms with Crippen LogP contribution in [0.4, 0.5) is 0 Å². The SMILES string of the molecule is COc1cc(C(=O)N2CC(C(=O)O)C2)ccn1. The van der Waals surface area contributed by atoms with Gasteiger partial charge in [-0.15, -0.1) is 0 Å². The molecule has 6 heteroatoms. The number of carbonyl (C=O) groups is 2. The van der Waals surface area contributed by atoms with Crippen molar-refractivity contribution in [3.05, 3.63) is 23.9 Å². The zero-order valence-corrected chi connectivity index (χ0v) is 9.29. The molecule has 2 heterocycles. The molecule has 2 rings (SSSR count). The Morgan fingerprint density at radius 3 is 2.82 bits per heavy atom. The maximum absolute atomic E-state index is 11.9. The number of rotatable bonds is 3. The minimum atomic E-state index is -0.860. The second-order valence-corrected chi connectivity index (χ2v) is 3.83. The second-order valence-electron chi connectivity index (χ2n) is 3.83. The Morgan fingerprint density at radius 1 is 1.53 bits per heavy atom. The molecule has 1 amide bonds. The topological polar surface area (TPSA) is 79.7 Å². The monoisotopic (exact) mass is 236 g/mol. The summed E-state index contributed by atoms with van der Waals surface area (Å²) in [6.45, 7) is 0.525. The summed E-state index contributed by atoms with van der Waals surface area (Å²) >= 11 is 0. The largest absolute Gasteiger partial charge is 0.481 e. The van der Waals surface area contributed by atoms with Crippen LogP contribution in [0.15, 0.2) is 18.3 Å². The lowest BCUT2D eigenvalue weighted by atomic mass is 9.99. The van der Waals surface area contributed by atoms with Crippen LogP contribution >= 0.6 is 0 Å². The molecular weight excluding hydrogens is 224 g/mol. The summed E-state index contributed by atoms with van der Waals surface area (Å²) in [5, 5.41) is 8.72.